The van der Waals surface area contributed by atoms with Crippen LogP contribution in [0, 0.1) is 0 Å². The highest BCUT2D eigenvalue weighted by Crippen LogP contribution is 2.25. The third kappa shape index (κ3) is 3.94. The second-order valence-corrected chi connectivity index (χ2v) is 6.37. The van der Waals surface area contributed by atoms with Crippen LogP contribution in [0.5, 0.6) is 0 Å². The summed E-state index contributed by atoms with van der Waals surface area (Å²) in [4.78, 5) is 4.06. The Bertz CT molecular complexity index is 608. The van der Waals surface area contributed by atoms with Crippen LogP contribution in [0.3, 0.4) is 0 Å². The number of nitrogens with zero attached hydrogens (tertiary/aromatic N) is 3. The minimum atomic E-state index is -1.15. The van der Waals surface area contributed by atoms with Crippen molar-refractivity contribution in [2.24, 2.45) is 0 Å². The molecule has 0 bridgehead atoms. The molecule has 6 nitrogen and oxygen atoms in total. The highest BCUT2D eigenvalue weighted by Gasteiger charge is 2.39. The summed E-state index contributed by atoms with van der Waals surface area (Å²) < 4.78 is 7.30. The Morgan fingerprint density at radius 3 is 2.59 bits per heavy atom. The fraction of sp³-hybridized carbons (Fsp3) is 0.467. The highest BCUT2D eigenvalue weighted by molar-refractivity contribution is 6.59. The Morgan fingerprint density at radius 2 is 2.00 bits per heavy atom. The zero-order chi connectivity index (χ0) is 16.4. The van der Waals surface area contributed by atoms with Gasteiger partial charge in [0.25, 0.3) is 0 Å². The van der Waals surface area contributed by atoms with Crippen molar-refractivity contribution in [3.63, 3.8) is 0 Å². The van der Waals surface area contributed by atoms with E-state index in [1.807, 2.05) is 12.1 Å². The van der Waals surface area contributed by atoms with Gasteiger partial charge in [-0.15, -0.1) is 0 Å². The number of hydrogen-bond donors (Lipinski definition) is 2. The Hall–Kier alpha value is -1.70. The molecule has 0 saturated heterocycles. The van der Waals surface area contributed by atoms with Gasteiger partial charge in [-0.25, -0.2) is 0 Å². The van der Waals surface area contributed by atoms with Crippen molar-refractivity contribution >= 4 is 12.6 Å². The molecule has 2 heterocycles. The summed E-state index contributed by atoms with van der Waals surface area (Å²) in [5.74, 6) is 0. The summed E-state index contributed by atoms with van der Waals surface area (Å²) in [6.07, 6.45) is 6.76. The zero-order valence-electron chi connectivity index (χ0n) is 13.4. The first kappa shape index (κ1) is 16.7. The summed E-state index contributed by atoms with van der Waals surface area (Å²) in [7, 11) is -1.15. The Balaban J connectivity index is 2.05. The standard InChI is InChI=1S/C15H22BN3O3/c1-14(2,20)15(3,4)22-16(21)13-9-18-19(11-13)10-12-6-5-7-17-8-12/h5-9,11,20-21H,10H2,1-4H3. The summed E-state index contributed by atoms with van der Waals surface area (Å²) in [5, 5.41) is 24.5. The maximum absolute atomic E-state index is 10.2. The molecule has 0 amide bonds. The highest BCUT2D eigenvalue weighted by atomic mass is 16.5. The lowest BCUT2D eigenvalue weighted by atomic mass is 9.78. The molecule has 0 spiro atoms. The summed E-state index contributed by atoms with van der Waals surface area (Å²) in [6.45, 7) is 7.32. The predicted octanol–water partition coefficient (Wildman–Crippen LogP) is 0.580. The summed E-state index contributed by atoms with van der Waals surface area (Å²) in [6, 6.07) is 3.82. The van der Waals surface area contributed by atoms with E-state index in [0.717, 1.165) is 5.56 Å². The molecule has 118 valence electrons. The molecule has 0 aliphatic carbocycles. The second-order valence-electron chi connectivity index (χ2n) is 6.37. The first-order valence-corrected chi connectivity index (χ1v) is 7.18. The van der Waals surface area contributed by atoms with Crippen LogP contribution in [-0.2, 0) is 11.2 Å². The summed E-state index contributed by atoms with van der Waals surface area (Å²) in [5.41, 5.74) is -0.428. The van der Waals surface area contributed by atoms with E-state index in [0.29, 0.717) is 12.0 Å². The van der Waals surface area contributed by atoms with Crippen molar-refractivity contribution in [1.29, 1.82) is 0 Å². The van der Waals surface area contributed by atoms with E-state index in [-0.39, 0.29) is 0 Å². The third-order valence-corrected chi connectivity index (χ3v) is 3.89. The molecule has 0 atom stereocenters. The van der Waals surface area contributed by atoms with Crippen molar-refractivity contribution in [1.82, 2.24) is 14.8 Å². The van der Waals surface area contributed by atoms with Gasteiger partial charge in [0, 0.05) is 30.3 Å². The van der Waals surface area contributed by atoms with E-state index in [2.05, 4.69) is 10.1 Å². The van der Waals surface area contributed by atoms with E-state index in [4.69, 9.17) is 4.65 Å². The largest absolute Gasteiger partial charge is 0.494 e. The van der Waals surface area contributed by atoms with Crippen molar-refractivity contribution in [2.75, 3.05) is 0 Å². The van der Waals surface area contributed by atoms with Crippen molar-refractivity contribution in [3.05, 3.63) is 42.5 Å². The molecule has 22 heavy (non-hydrogen) atoms. The van der Waals surface area contributed by atoms with Gasteiger partial charge in [0.2, 0.25) is 0 Å². The fourth-order valence-electron chi connectivity index (χ4n) is 1.76. The smallest absolute Gasteiger partial charge is 0.423 e. The molecule has 0 saturated carbocycles. The number of pyridine rings is 1. The molecule has 0 unspecified atom stereocenters. The first-order chi connectivity index (χ1) is 10.2. The minimum Gasteiger partial charge on any atom is -0.423 e. The minimum absolute atomic E-state index is 0.543. The van der Waals surface area contributed by atoms with E-state index >= 15 is 0 Å². The van der Waals surface area contributed by atoms with Crippen LogP contribution in [0.15, 0.2) is 36.9 Å². The van der Waals surface area contributed by atoms with Crippen molar-refractivity contribution in [2.45, 2.75) is 45.4 Å². The molecule has 7 heteroatoms. The van der Waals surface area contributed by atoms with Crippen LogP contribution in [0.4, 0.5) is 0 Å². The van der Waals surface area contributed by atoms with Gasteiger partial charge in [-0.1, -0.05) is 6.07 Å². The zero-order valence-corrected chi connectivity index (χ0v) is 13.4. The van der Waals surface area contributed by atoms with Gasteiger partial charge in [-0.05, 0) is 39.3 Å². The van der Waals surface area contributed by atoms with E-state index < -0.39 is 18.3 Å². The predicted molar refractivity (Wildman–Crippen MR) is 84.6 cm³/mol. The van der Waals surface area contributed by atoms with E-state index in [9.17, 15) is 10.1 Å². The molecule has 2 N–H and O–H groups in total. The maximum Gasteiger partial charge on any atom is 0.494 e. The van der Waals surface area contributed by atoms with Gasteiger partial charge in [-0.3, -0.25) is 9.67 Å². The topological polar surface area (TPSA) is 80.4 Å². The SMILES string of the molecule is CC(C)(O)C(C)(C)OB(O)c1cnn(Cc2cccnc2)c1. The fourth-order valence-corrected chi connectivity index (χ4v) is 1.76. The summed E-state index contributed by atoms with van der Waals surface area (Å²) >= 11 is 0. The monoisotopic (exact) mass is 303 g/mol. The second kappa shape index (κ2) is 6.20. The molecule has 0 aromatic carbocycles. The average Bonchev–Trinajstić information content (AvgIpc) is 2.86. The molecule has 0 aliphatic heterocycles. The quantitative estimate of drug-likeness (QED) is 0.763. The molecule has 0 radical (unpaired) electrons. The Labute approximate surface area is 130 Å². The van der Waals surface area contributed by atoms with Crippen LogP contribution in [0.25, 0.3) is 0 Å². The van der Waals surface area contributed by atoms with Crippen molar-refractivity contribution < 1.29 is 14.8 Å². The molecule has 0 aliphatic rings. The molecule has 2 aromatic rings. The Morgan fingerprint density at radius 1 is 1.27 bits per heavy atom. The molecule has 2 rings (SSSR count). The molecule has 2 aromatic heterocycles. The van der Waals surface area contributed by atoms with Gasteiger partial charge in [-0.2, -0.15) is 5.10 Å². The normalized spacial score (nSPS) is 12.5. The lowest BCUT2D eigenvalue weighted by Crippen LogP contribution is -2.53. The first-order valence-electron chi connectivity index (χ1n) is 7.18. The maximum atomic E-state index is 10.2. The van der Waals surface area contributed by atoms with Crippen LogP contribution in [0.1, 0.15) is 33.3 Å². The van der Waals surface area contributed by atoms with Gasteiger partial charge in [0.1, 0.15) is 0 Å². The lowest BCUT2D eigenvalue weighted by molar-refractivity contribution is -0.0982. The number of aliphatic hydroxyl groups is 1. The van der Waals surface area contributed by atoms with Crippen LogP contribution < -0.4 is 5.46 Å². The molecular weight excluding hydrogens is 281 g/mol. The number of hydrogen-bond acceptors (Lipinski definition) is 5. The Kier molecular flexibility index (Phi) is 4.70. The lowest BCUT2D eigenvalue weighted by Gasteiger charge is -2.38. The van der Waals surface area contributed by atoms with Gasteiger partial charge < -0.3 is 14.8 Å². The average molecular weight is 303 g/mol. The van der Waals surface area contributed by atoms with Crippen LogP contribution in [-0.4, -0.2) is 43.2 Å². The van der Waals surface area contributed by atoms with Crippen LogP contribution in [0.2, 0.25) is 0 Å². The molecular formula is C15H22BN3O3. The van der Waals surface area contributed by atoms with Crippen molar-refractivity contribution in [3.8, 4) is 0 Å². The van der Waals surface area contributed by atoms with Gasteiger partial charge in [0.15, 0.2) is 0 Å². The molecule has 0 fully saturated rings. The van der Waals surface area contributed by atoms with E-state index in [1.165, 1.54) is 0 Å². The number of aromatic nitrogens is 3. The van der Waals surface area contributed by atoms with Gasteiger partial charge in [0.05, 0.1) is 17.7 Å². The van der Waals surface area contributed by atoms with Gasteiger partial charge >= 0.3 is 7.12 Å². The van der Waals surface area contributed by atoms with Crippen LogP contribution >= 0.6 is 0 Å². The third-order valence-electron chi connectivity index (χ3n) is 3.89. The number of rotatable bonds is 6. The van der Waals surface area contributed by atoms with E-state index in [1.54, 1.807) is 57.2 Å².